The molecule has 9 heteroatoms. The molecule has 1 heterocycles. The minimum Gasteiger partial charge on any atom is -0.454 e. The second-order valence-electron chi connectivity index (χ2n) is 5.78. The van der Waals surface area contributed by atoms with Gasteiger partial charge in [-0.15, -0.1) is 11.6 Å². The Balaban J connectivity index is 2.29. The fourth-order valence-corrected chi connectivity index (χ4v) is 2.63. The van der Waals surface area contributed by atoms with Crippen molar-refractivity contribution < 1.29 is 26.9 Å². The summed E-state index contributed by atoms with van der Waals surface area (Å²) >= 11 is 5.44. The Morgan fingerprint density at radius 3 is 2.61 bits per heavy atom. The first-order valence-electron chi connectivity index (χ1n) is 6.76. The van der Waals surface area contributed by atoms with Crippen LogP contribution in [0.15, 0.2) is 18.2 Å². The van der Waals surface area contributed by atoms with Crippen molar-refractivity contribution in [2.24, 2.45) is 0 Å². The minimum atomic E-state index is -3.85. The smallest absolute Gasteiger partial charge is 0.384 e. The first-order chi connectivity index (χ1) is 10.6. The van der Waals surface area contributed by atoms with Crippen LogP contribution in [0, 0.1) is 0 Å². The fourth-order valence-electron chi connectivity index (χ4n) is 2.08. The van der Waals surface area contributed by atoms with E-state index < -0.39 is 28.0 Å². The largest absolute Gasteiger partial charge is 0.454 e. The van der Waals surface area contributed by atoms with Gasteiger partial charge in [0, 0.05) is 19.7 Å². The van der Waals surface area contributed by atoms with Crippen molar-refractivity contribution in [3.8, 4) is 11.5 Å². The molecular formula is C14H18ClNO6S. The van der Waals surface area contributed by atoms with E-state index >= 15 is 0 Å². The molecule has 1 aliphatic rings. The highest BCUT2D eigenvalue weighted by molar-refractivity contribution is 7.84. The summed E-state index contributed by atoms with van der Waals surface area (Å²) in [6, 6.07) is 4.61. The van der Waals surface area contributed by atoms with Crippen molar-refractivity contribution in [3.05, 3.63) is 23.8 Å². The molecule has 128 valence electrons. The van der Waals surface area contributed by atoms with Crippen molar-refractivity contribution in [1.29, 1.82) is 0 Å². The van der Waals surface area contributed by atoms with Crippen LogP contribution in [0.1, 0.15) is 19.4 Å². The van der Waals surface area contributed by atoms with Crippen molar-refractivity contribution in [2.75, 3.05) is 20.0 Å². The molecule has 0 saturated heterocycles. The van der Waals surface area contributed by atoms with Gasteiger partial charge in [0.05, 0.1) is 5.41 Å². The van der Waals surface area contributed by atoms with Crippen LogP contribution in [0.3, 0.4) is 0 Å². The van der Waals surface area contributed by atoms with E-state index in [-0.39, 0.29) is 11.6 Å². The number of hydrogen-bond acceptors (Lipinski definition) is 6. The number of esters is 1. The van der Waals surface area contributed by atoms with E-state index in [9.17, 15) is 13.2 Å². The lowest BCUT2D eigenvalue weighted by molar-refractivity contribution is -0.165. The van der Waals surface area contributed by atoms with Gasteiger partial charge in [0.1, 0.15) is 17.4 Å². The molecule has 1 aliphatic heterocycles. The van der Waals surface area contributed by atoms with Gasteiger partial charge >= 0.3 is 16.3 Å². The topological polar surface area (TPSA) is 82.1 Å². The molecule has 2 rings (SSSR count). The average molecular weight is 364 g/mol. The number of halogens is 1. The summed E-state index contributed by atoms with van der Waals surface area (Å²) in [6.07, 6.45) is -0.843. The van der Waals surface area contributed by atoms with Crippen molar-refractivity contribution >= 4 is 27.9 Å². The predicted molar refractivity (Wildman–Crippen MR) is 83.9 cm³/mol. The number of hydrogen-bond donors (Lipinski definition) is 0. The maximum atomic E-state index is 11.8. The Kier molecular flexibility index (Phi) is 4.79. The molecule has 0 saturated carbocycles. The summed E-state index contributed by atoms with van der Waals surface area (Å²) in [5.74, 6) is -0.221. The van der Waals surface area contributed by atoms with Crippen LogP contribution in [-0.4, -0.2) is 45.0 Å². The molecule has 0 spiro atoms. The highest BCUT2D eigenvalue weighted by atomic mass is 35.5. The Morgan fingerprint density at radius 2 is 2.04 bits per heavy atom. The number of ether oxygens (including phenoxy) is 2. The molecule has 0 radical (unpaired) electrons. The van der Waals surface area contributed by atoms with Crippen LogP contribution in [0.4, 0.5) is 0 Å². The van der Waals surface area contributed by atoms with Gasteiger partial charge in [-0.25, -0.2) is 0 Å². The third-order valence-corrected chi connectivity index (χ3v) is 4.98. The minimum absolute atomic E-state index is 0.151. The molecule has 0 N–H and O–H groups in total. The van der Waals surface area contributed by atoms with Gasteiger partial charge in [0.15, 0.2) is 0 Å². The second-order valence-corrected chi connectivity index (χ2v) is 7.80. The van der Waals surface area contributed by atoms with Crippen LogP contribution >= 0.6 is 11.6 Å². The first kappa shape index (κ1) is 17.8. The highest BCUT2D eigenvalue weighted by Gasteiger charge is 2.44. The normalized spacial score (nSPS) is 19.1. The summed E-state index contributed by atoms with van der Waals surface area (Å²) in [4.78, 5) is 11.4. The molecule has 0 aromatic heterocycles. The number of benzene rings is 1. The number of carbonyl (C=O) groups is 1. The van der Waals surface area contributed by atoms with E-state index in [2.05, 4.69) is 0 Å². The zero-order valence-electron chi connectivity index (χ0n) is 13.2. The third-order valence-electron chi connectivity index (χ3n) is 3.46. The van der Waals surface area contributed by atoms with Crippen LogP contribution < -0.4 is 8.92 Å². The molecule has 0 bridgehead atoms. The molecule has 1 unspecified atom stereocenters. The predicted octanol–water partition coefficient (Wildman–Crippen LogP) is 1.65. The lowest BCUT2D eigenvalue weighted by atomic mass is 9.85. The van der Waals surface area contributed by atoms with Gasteiger partial charge in [-0.2, -0.15) is 12.7 Å². The van der Waals surface area contributed by atoms with Crippen molar-refractivity contribution in [1.82, 2.24) is 4.31 Å². The van der Waals surface area contributed by atoms with E-state index in [0.717, 1.165) is 4.31 Å². The number of fused-ring (bicyclic) bond motifs is 1. The summed E-state index contributed by atoms with van der Waals surface area (Å²) in [6.45, 7) is 3.63. The maximum absolute atomic E-state index is 11.8. The molecule has 0 fully saturated rings. The van der Waals surface area contributed by atoms with Crippen molar-refractivity contribution in [3.63, 3.8) is 0 Å². The molecule has 0 aliphatic carbocycles. The van der Waals surface area contributed by atoms with Crippen LogP contribution in [0.5, 0.6) is 11.5 Å². The van der Waals surface area contributed by atoms with E-state index in [0.29, 0.717) is 11.3 Å². The molecule has 1 aromatic carbocycles. The second kappa shape index (κ2) is 6.18. The molecule has 23 heavy (non-hydrogen) atoms. The number of rotatable bonds is 5. The van der Waals surface area contributed by atoms with Gasteiger partial charge < -0.3 is 13.7 Å². The zero-order chi connectivity index (χ0) is 17.4. The third kappa shape index (κ3) is 3.54. The molecule has 7 nitrogen and oxygen atoms in total. The molecule has 0 amide bonds. The summed E-state index contributed by atoms with van der Waals surface area (Å²) in [7, 11) is -1.11. The number of nitrogens with zero attached hydrogens (tertiary/aromatic N) is 1. The van der Waals surface area contributed by atoms with E-state index in [1.165, 1.54) is 20.2 Å². The lowest BCUT2D eigenvalue weighted by Crippen LogP contribution is -2.36. The Morgan fingerprint density at radius 1 is 1.39 bits per heavy atom. The number of alkyl halides is 1. The standard InChI is InChI=1S/C14H18ClNO6S/c1-14(2)10-7-9(22-23(18,19)16(3)4)5-6-11(10)20-13(14)21-12(17)8-15/h5-7,13H,8H2,1-4H3. The molecular weight excluding hydrogens is 346 g/mol. The van der Waals surface area contributed by atoms with E-state index in [1.807, 2.05) is 13.8 Å². The zero-order valence-corrected chi connectivity index (χ0v) is 14.8. The van der Waals surface area contributed by atoms with Gasteiger partial charge in [-0.05, 0) is 32.0 Å². The van der Waals surface area contributed by atoms with Crippen LogP contribution in [0.2, 0.25) is 0 Å². The first-order valence-corrected chi connectivity index (χ1v) is 8.66. The Bertz CT molecular complexity index is 716. The van der Waals surface area contributed by atoms with Crippen molar-refractivity contribution in [2.45, 2.75) is 25.6 Å². The Labute approximate surface area is 140 Å². The SMILES string of the molecule is CN(C)S(=O)(=O)Oc1ccc2c(c1)C(C)(C)C(OC(=O)CCl)O2. The highest BCUT2D eigenvalue weighted by Crippen LogP contribution is 2.44. The van der Waals surface area contributed by atoms with E-state index in [4.69, 9.17) is 25.3 Å². The van der Waals surface area contributed by atoms with E-state index in [1.54, 1.807) is 12.1 Å². The van der Waals surface area contributed by atoms with Gasteiger partial charge in [-0.3, -0.25) is 4.79 Å². The van der Waals surface area contributed by atoms with Crippen LogP contribution in [-0.2, 0) is 25.3 Å². The average Bonchev–Trinajstić information content (AvgIpc) is 2.70. The summed E-state index contributed by atoms with van der Waals surface area (Å²) < 4.78 is 40.4. The number of carbonyl (C=O) groups excluding carboxylic acids is 1. The quantitative estimate of drug-likeness (QED) is 0.584. The van der Waals surface area contributed by atoms with Gasteiger partial charge in [-0.1, -0.05) is 0 Å². The monoisotopic (exact) mass is 363 g/mol. The van der Waals surface area contributed by atoms with Gasteiger partial charge in [0.25, 0.3) is 6.29 Å². The fraction of sp³-hybridized carbons (Fsp3) is 0.500. The van der Waals surface area contributed by atoms with Gasteiger partial charge in [0.2, 0.25) is 0 Å². The summed E-state index contributed by atoms with van der Waals surface area (Å²) in [5.41, 5.74) is -0.00509. The molecule has 1 atom stereocenters. The molecule has 1 aromatic rings. The summed E-state index contributed by atoms with van der Waals surface area (Å²) in [5, 5.41) is 0. The Hall–Kier alpha value is -1.51. The van der Waals surface area contributed by atoms with Crippen LogP contribution in [0.25, 0.3) is 0 Å². The lowest BCUT2D eigenvalue weighted by Gasteiger charge is -2.25. The maximum Gasteiger partial charge on any atom is 0.384 e.